The van der Waals surface area contributed by atoms with E-state index in [4.69, 9.17) is 4.74 Å². The van der Waals surface area contributed by atoms with Gasteiger partial charge in [-0.15, -0.1) is 0 Å². The Morgan fingerprint density at radius 2 is 1.85 bits per heavy atom. The lowest BCUT2D eigenvalue weighted by Crippen LogP contribution is -2.31. The van der Waals surface area contributed by atoms with Crippen LogP contribution < -0.4 is 5.32 Å². The molecule has 0 saturated heterocycles. The third kappa shape index (κ3) is 7.58. The molecular formula is C16H26FNO2. The summed E-state index contributed by atoms with van der Waals surface area (Å²) in [6.07, 6.45) is 0.641. The number of benzene rings is 1. The highest BCUT2D eigenvalue weighted by atomic mass is 19.1. The minimum atomic E-state index is -0.523. The smallest absolute Gasteiger partial charge is 0.123 e. The zero-order valence-corrected chi connectivity index (χ0v) is 12.6. The minimum Gasteiger partial charge on any atom is -0.389 e. The van der Waals surface area contributed by atoms with Gasteiger partial charge in [0.05, 0.1) is 18.8 Å². The fourth-order valence-electron chi connectivity index (χ4n) is 2.05. The van der Waals surface area contributed by atoms with Crippen LogP contribution >= 0.6 is 0 Å². The highest BCUT2D eigenvalue weighted by molar-refractivity contribution is 5.15. The molecule has 1 rings (SSSR count). The van der Waals surface area contributed by atoms with Crippen molar-refractivity contribution < 1.29 is 14.2 Å². The summed E-state index contributed by atoms with van der Waals surface area (Å²) in [7, 11) is 0. The zero-order chi connectivity index (χ0) is 15.0. The zero-order valence-electron chi connectivity index (χ0n) is 12.6. The molecule has 0 aliphatic rings. The summed E-state index contributed by atoms with van der Waals surface area (Å²) >= 11 is 0. The quantitative estimate of drug-likeness (QED) is 0.732. The molecule has 0 amide bonds. The van der Waals surface area contributed by atoms with Crippen molar-refractivity contribution in [2.24, 2.45) is 5.92 Å². The average Bonchev–Trinajstić information content (AvgIpc) is 2.38. The molecule has 114 valence electrons. The van der Waals surface area contributed by atoms with E-state index in [2.05, 4.69) is 19.2 Å². The van der Waals surface area contributed by atoms with Crippen molar-refractivity contribution in [3.05, 3.63) is 35.6 Å². The lowest BCUT2D eigenvalue weighted by Gasteiger charge is -2.18. The molecule has 0 fully saturated rings. The topological polar surface area (TPSA) is 41.5 Å². The molecule has 0 bridgehead atoms. The second kappa shape index (κ2) is 9.06. The van der Waals surface area contributed by atoms with Crippen LogP contribution in [-0.4, -0.2) is 30.5 Å². The summed E-state index contributed by atoms with van der Waals surface area (Å²) in [5, 5.41) is 12.9. The first-order valence-electron chi connectivity index (χ1n) is 7.22. The highest BCUT2D eigenvalue weighted by Gasteiger charge is 2.09. The van der Waals surface area contributed by atoms with Gasteiger partial charge in [-0.1, -0.05) is 26.0 Å². The normalized spacial score (nSPS) is 14.5. The molecule has 0 aliphatic heterocycles. The van der Waals surface area contributed by atoms with E-state index in [0.29, 0.717) is 25.6 Å². The van der Waals surface area contributed by atoms with Crippen LogP contribution in [0.15, 0.2) is 24.3 Å². The van der Waals surface area contributed by atoms with Crippen LogP contribution in [0, 0.1) is 11.7 Å². The number of hydrogen-bond acceptors (Lipinski definition) is 3. The number of aliphatic hydroxyl groups is 1. The van der Waals surface area contributed by atoms with Crippen molar-refractivity contribution in [3.8, 4) is 0 Å². The van der Waals surface area contributed by atoms with Crippen LogP contribution in [0.4, 0.5) is 4.39 Å². The lowest BCUT2D eigenvalue weighted by molar-refractivity contribution is -0.00857. The van der Waals surface area contributed by atoms with Crippen molar-refractivity contribution >= 4 is 0 Å². The summed E-state index contributed by atoms with van der Waals surface area (Å²) in [5.41, 5.74) is 0.993. The van der Waals surface area contributed by atoms with Crippen molar-refractivity contribution in [2.45, 2.75) is 45.9 Å². The Bertz CT molecular complexity index is 367. The number of aliphatic hydroxyl groups excluding tert-OH is 1. The Morgan fingerprint density at radius 1 is 1.20 bits per heavy atom. The number of nitrogens with one attached hydrogen (secondary N) is 1. The van der Waals surface area contributed by atoms with Crippen LogP contribution in [0.1, 0.15) is 32.8 Å². The summed E-state index contributed by atoms with van der Waals surface area (Å²) in [6, 6.07) is 6.33. The molecule has 2 N–H and O–H groups in total. The number of hydrogen-bond donors (Lipinski definition) is 2. The van der Waals surface area contributed by atoms with Gasteiger partial charge in [0.1, 0.15) is 5.82 Å². The van der Waals surface area contributed by atoms with E-state index in [1.165, 1.54) is 12.1 Å². The van der Waals surface area contributed by atoms with Crippen LogP contribution in [0.5, 0.6) is 0 Å². The molecule has 2 atom stereocenters. The second-order valence-corrected chi connectivity index (χ2v) is 5.68. The van der Waals surface area contributed by atoms with Crippen LogP contribution in [0.25, 0.3) is 0 Å². The van der Waals surface area contributed by atoms with E-state index in [-0.39, 0.29) is 11.9 Å². The molecule has 0 spiro atoms. The first kappa shape index (κ1) is 17.1. The molecule has 20 heavy (non-hydrogen) atoms. The third-order valence-corrected chi connectivity index (χ3v) is 3.00. The predicted molar refractivity (Wildman–Crippen MR) is 79.0 cm³/mol. The van der Waals surface area contributed by atoms with Gasteiger partial charge in [0.15, 0.2) is 0 Å². The maximum atomic E-state index is 12.7. The summed E-state index contributed by atoms with van der Waals surface area (Å²) in [6.45, 7) is 7.74. The Hall–Kier alpha value is -0.970. The van der Waals surface area contributed by atoms with Crippen molar-refractivity contribution in [1.82, 2.24) is 5.32 Å². The van der Waals surface area contributed by atoms with E-state index in [1.807, 2.05) is 6.92 Å². The van der Waals surface area contributed by atoms with Crippen molar-refractivity contribution in [1.29, 1.82) is 0 Å². The number of rotatable bonds is 9. The average molecular weight is 283 g/mol. The van der Waals surface area contributed by atoms with Gasteiger partial charge in [-0.2, -0.15) is 0 Å². The Balaban J connectivity index is 2.13. The molecular weight excluding hydrogens is 257 g/mol. The van der Waals surface area contributed by atoms with Gasteiger partial charge >= 0.3 is 0 Å². The largest absolute Gasteiger partial charge is 0.389 e. The van der Waals surface area contributed by atoms with E-state index in [0.717, 1.165) is 12.0 Å². The third-order valence-electron chi connectivity index (χ3n) is 3.00. The van der Waals surface area contributed by atoms with E-state index in [1.54, 1.807) is 12.1 Å². The molecule has 0 aromatic heterocycles. The molecule has 0 heterocycles. The Labute approximate surface area is 121 Å². The van der Waals surface area contributed by atoms with Crippen LogP contribution in [0.3, 0.4) is 0 Å². The molecule has 0 saturated carbocycles. The maximum Gasteiger partial charge on any atom is 0.123 e. The Morgan fingerprint density at radius 3 is 2.45 bits per heavy atom. The van der Waals surface area contributed by atoms with E-state index >= 15 is 0 Å². The van der Waals surface area contributed by atoms with Crippen molar-refractivity contribution in [3.63, 3.8) is 0 Å². The van der Waals surface area contributed by atoms with Crippen LogP contribution in [-0.2, 0) is 11.3 Å². The van der Waals surface area contributed by atoms with Gasteiger partial charge in [0, 0.05) is 13.1 Å². The lowest BCUT2D eigenvalue weighted by atomic mass is 10.1. The van der Waals surface area contributed by atoms with Gasteiger partial charge in [0.2, 0.25) is 0 Å². The summed E-state index contributed by atoms with van der Waals surface area (Å²) in [5.74, 6) is 0.361. The second-order valence-electron chi connectivity index (χ2n) is 5.68. The molecule has 0 radical (unpaired) electrons. The van der Waals surface area contributed by atoms with Gasteiger partial charge < -0.3 is 15.2 Å². The molecule has 4 heteroatoms. The first-order chi connectivity index (χ1) is 9.47. The Kier molecular flexibility index (Phi) is 7.73. The number of halogens is 1. The van der Waals surface area contributed by atoms with Crippen molar-refractivity contribution in [2.75, 3.05) is 13.2 Å². The van der Waals surface area contributed by atoms with E-state index < -0.39 is 6.10 Å². The predicted octanol–water partition coefficient (Wildman–Crippen LogP) is 2.73. The summed E-state index contributed by atoms with van der Waals surface area (Å²) < 4.78 is 18.3. The van der Waals surface area contributed by atoms with E-state index in [9.17, 15) is 9.50 Å². The van der Waals surface area contributed by atoms with Gasteiger partial charge in [0.25, 0.3) is 0 Å². The SMILES string of the molecule is CC(C)CC(C)OCC(O)CNCc1ccc(F)cc1. The first-order valence-corrected chi connectivity index (χ1v) is 7.22. The fraction of sp³-hybridized carbons (Fsp3) is 0.625. The highest BCUT2D eigenvalue weighted by Crippen LogP contribution is 2.07. The maximum absolute atomic E-state index is 12.7. The standard InChI is InChI=1S/C16H26FNO2/c1-12(2)8-13(3)20-11-16(19)10-18-9-14-4-6-15(17)7-5-14/h4-7,12-13,16,18-19H,8-11H2,1-3H3. The molecule has 1 aromatic carbocycles. The van der Waals surface area contributed by atoms with Crippen LogP contribution in [0.2, 0.25) is 0 Å². The molecule has 2 unspecified atom stereocenters. The fourth-order valence-corrected chi connectivity index (χ4v) is 2.05. The van der Waals surface area contributed by atoms with Gasteiger partial charge in [-0.25, -0.2) is 4.39 Å². The molecule has 0 aliphatic carbocycles. The molecule has 3 nitrogen and oxygen atoms in total. The summed E-state index contributed by atoms with van der Waals surface area (Å²) in [4.78, 5) is 0. The molecule has 1 aromatic rings. The van der Waals surface area contributed by atoms with Gasteiger partial charge in [-0.05, 0) is 37.0 Å². The number of ether oxygens (including phenoxy) is 1. The monoisotopic (exact) mass is 283 g/mol. The minimum absolute atomic E-state index is 0.168. The van der Waals surface area contributed by atoms with Gasteiger partial charge in [-0.3, -0.25) is 0 Å².